The third kappa shape index (κ3) is 2.94. The van der Waals surface area contributed by atoms with Crippen LogP contribution in [-0.4, -0.2) is 19.0 Å². The van der Waals surface area contributed by atoms with Crippen LogP contribution in [0.25, 0.3) is 0 Å². The molecule has 2 aliphatic heterocycles. The van der Waals surface area contributed by atoms with Gasteiger partial charge in [-0.2, -0.15) is 0 Å². The summed E-state index contributed by atoms with van der Waals surface area (Å²) in [6, 6.07) is 21.5. The third-order valence-corrected chi connectivity index (χ3v) is 4.69. The van der Waals surface area contributed by atoms with Gasteiger partial charge in [-0.25, -0.2) is 0 Å². The Morgan fingerprint density at radius 2 is 1.45 bits per heavy atom. The van der Waals surface area contributed by atoms with Gasteiger partial charge in [-0.3, -0.25) is 0 Å². The summed E-state index contributed by atoms with van der Waals surface area (Å²) in [6.07, 6.45) is 5.53. The monoisotopic (exact) mass is 293 g/mol. The highest BCUT2D eigenvalue weighted by molar-refractivity contribution is 5.24. The summed E-state index contributed by atoms with van der Waals surface area (Å²) in [5.74, 6) is 0. The van der Waals surface area contributed by atoms with E-state index in [-0.39, 0.29) is 17.8 Å². The highest BCUT2D eigenvalue weighted by Crippen LogP contribution is 2.44. The van der Waals surface area contributed by atoms with Gasteiger partial charge in [0.2, 0.25) is 0 Å². The van der Waals surface area contributed by atoms with Crippen molar-refractivity contribution in [3.8, 4) is 0 Å². The summed E-state index contributed by atoms with van der Waals surface area (Å²) >= 11 is 0. The molecule has 0 unspecified atom stereocenters. The minimum atomic E-state index is -0.133. The number of benzene rings is 2. The molecule has 0 spiro atoms. The molecule has 2 bridgehead atoms. The maximum atomic E-state index is 5.85. The molecule has 4 rings (SSSR count). The van der Waals surface area contributed by atoms with E-state index in [9.17, 15) is 0 Å². The molecule has 1 radical (unpaired) electrons. The van der Waals surface area contributed by atoms with E-state index in [2.05, 4.69) is 67.1 Å². The molecule has 0 amide bonds. The number of fused-ring (bicyclic) bond motifs is 2. The number of rotatable bonds is 4. The van der Waals surface area contributed by atoms with Gasteiger partial charge in [-0.15, -0.1) is 0 Å². The maximum Gasteiger partial charge on any atom is 0.162 e. The Bertz CT molecular complexity index is 553. The van der Waals surface area contributed by atoms with Gasteiger partial charge >= 0.3 is 0 Å². The van der Waals surface area contributed by atoms with Crippen LogP contribution >= 0.6 is 0 Å². The van der Waals surface area contributed by atoms with Crippen molar-refractivity contribution in [3.63, 3.8) is 0 Å². The first-order valence-corrected chi connectivity index (χ1v) is 8.02. The zero-order valence-corrected chi connectivity index (χ0v) is 12.7. The quantitative estimate of drug-likeness (QED) is 0.853. The normalized spacial score (nSPS) is 26.0. The van der Waals surface area contributed by atoms with Crippen molar-refractivity contribution in [2.24, 2.45) is 5.41 Å². The molecular formula is C20H21O2. The highest BCUT2D eigenvalue weighted by atomic mass is 16.7. The zero-order chi connectivity index (χ0) is 14.8. The lowest BCUT2D eigenvalue weighted by Gasteiger charge is -2.39. The molecule has 0 saturated carbocycles. The lowest BCUT2D eigenvalue weighted by Crippen LogP contribution is -2.40. The standard InChI is InChI=1S/C20H21O2/c1-3-7-16(8-4-1)11-20(12-17-9-5-2-6-10-17)13-18-15-21-19(14-20)22-18/h1-10,14,18-19H,11-13,15H2/t18-,19+/m0/s1. The first kappa shape index (κ1) is 14.0. The van der Waals surface area contributed by atoms with Crippen molar-refractivity contribution in [2.75, 3.05) is 6.61 Å². The summed E-state index contributed by atoms with van der Waals surface area (Å²) in [5, 5.41) is 0. The largest absolute Gasteiger partial charge is 0.350 e. The molecule has 0 N–H and O–H groups in total. The second-order valence-corrected chi connectivity index (χ2v) is 6.52. The van der Waals surface area contributed by atoms with Crippen LogP contribution in [0.5, 0.6) is 0 Å². The van der Waals surface area contributed by atoms with Crippen LogP contribution in [0.1, 0.15) is 17.5 Å². The number of hydrogen-bond acceptors (Lipinski definition) is 2. The lowest BCUT2D eigenvalue weighted by molar-refractivity contribution is -0.0808. The van der Waals surface area contributed by atoms with Gasteiger partial charge in [0.15, 0.2) is 6.29 Å². The second-order valence-electron chi connectivity index (χ2n) is 6.52. The van der Waals surface area contributed by atoms with E-state index in [0.29, 0.717) is 0 Å². The molecule has 2 heterocycles. The van der Waals surface area contributed by atoms with Crippen molar-refractivity contribution in [1.29, 1.82) is 0 Å². The number of hydrogen-bond donors (Lipinski definition) is 0. The molecular weight excluding hydrogens is 272 g/mol. The second kappa shape index (κ2) is 5.86. The smallest absolute Gasteiger partial charge is 0.162 e. The van der Waals surface area contributed by atoms with Crippen LogP contribution in [-0.2, 0) is 22.3 Å². The highest BCUT2D eigenvalue weighted by Gasteiger charge is 2.45. The van der Waals surface area contributed by atoms with E-state index >= 15 is 0 Å². The summed E-state index contributed by atoms with van der Waals surface area (Å²) in [4.78, 5) is 0. The summed E-state index contributed by atoms with van der Waals surface area (Å²) in [6.45, 7) is 0.729. The van der Waals surface area contributed by atoms with E-state index in [4.69, 9.17) is 9.47 Å². The summed E-state index contributed by atoms with van der Waals surface area (Å²) in [7, 11) is 0. The molecule has 2 aromatic rings. The van der Waals surface area contributed by atoms with Crippen LogP contribution in [0.4, 0.5) is 0 Å². The Balaban J connectivity index is 1.62. The number of ether oxygens (including phenoxy) is 2. The molecule has 2 aromatic carbocycles. The molecule has 22 heavy (non-hydrogen) atoms. The molecule has 2 fully saturated rings. The van der Waals surface area contributed by atoms with E-state index in [1.807, 2.05) is 0 Å². The van der Waals surface area contributed by atoms with Crippen molar-refractivity contribution >= 4 is 0 Å². The fourth-order valence-corrected chi connectivity index (χ4v) is 3.80. The molecule has 0 aliphatic carbocycles. The van der Waals surface area contributed by atoms with Crippen LogP contribution in [0.3, 0.4) is 0 Å². The first-order chi connectivity index (χ1) is 10.8. The Morgan fingerprint density at radius 3 is 2.00 bits per heavy atom. The molecule has 2 heteroatoms. The van der Waals surface area contributed by atoms with Gasteiger partial charge in [0, 0.05) is 6.42 Å². The third-order valence-electron chi connectivity index (χ3n) is 4.69. The topological polar surface area (TPSA) is 18.5 Å². The first-order valence-electron chi connectivity index (χ1n) is 8.02. The van der Waals surface area contributed by atoms with Gasteiger partial charge in [0.1, 0.15) is 0 Å². The zero-order valence-electron chi connectivity index (χ0n) is 12.7. The Morgan fingerprint density at radius 1 is 0.864 bits per heavy atom. The average Bonchev–Trinajstić information content (AvgIpc) is 2.88. The molecule has 2 saturated heterocycles. The van der Waals surface area contributed by atoms with E-state index < -0.39 is 0 Å². The summed E-state index contributed by atoms with van der Waals surface area (Å²) in [5.41, 5.74) is 2.89. The molecule has 2 nitrogen and oxygen atoms in total. The minimum absolute atomic E-state index is 0.118. The van der Waals surface area contributed by atoms with Crippen molar-refractivity contribution in [2.45, 2.75) is 31.7 Å². The molecule has 0 aromatic heterocycles. The van der Waals surface area contributed by atoms with Crippen LogP contribution in [0.2, 0.25) is 0 Å². The van der Waals surface area contributed by atoms with E-state index in [1.165, 1.54) is 11.1 Å². The lowest BCUT2D eigenvalue weighted by atomic mass is 9.69. The Labute approximate surface area is 132 Å². The van der Waals surface area contributed by atoms with Crippen LogP contribution in [0.15, 0.2) is 60.7 Å². The molecule has 113 valence electrons. The maximum absolute atomic E-state index is 5.85. The van der Waals surface area contributed by atoms with Crippen LogP contribution < -0.4 is 0 Å². The SMILES string of the molecule is [CH]1[C@@H]2OC[C@H](CC1(Cc1ccccc1)Cc1ccccc1)O2. The van der Waals surface area contributed by atoms with Crippen molar-refractivity contribution < 1.29 is 9.47 Å². The van der Waals surface area contributed by atoms with Gasteiger partial charge in [-0.1, -0.05) is 60.7 Å². The average molecular weight is 293 g/mol. The summed E-state index contributed by atoms with van der Waals surface area (Å²) < 4.78 is 11.6. The fraction of sp³-hybridized carbons (Fsp3) is 0.350. The predicted molar refractivity (Wildman–Crippen MR) is 86.3 cm³/mol. The van der Waals surface area contributed by atoms with Gasteiger partial charge < -0.3 is 9.47 Å². The molecule has 2 atom stereocenters. The predicted octanol–water partition coefficient (Wildman–Crippen LogP) is 3.81. The van der Waals surface area contributed by atoms with E-state index in [1.54, 1.807) is 0 Å². The minimum Gasteiger partial charge on any atom is -0.350 e. The Hall–Kier alpha value is -1.64. The van der Waals surface area contributed by atoms with E-state index in [0.717, 1.165) is 25.9 Å². The Kier molecular flexibility index (Phi) is 3.73. The van der Waals surface area contributed by atoms with Gasteiger partial charge in [0.05, 0.1) is 12.7 Å². The van der Waals surface area contributed by atoms with Gasteiger partial charge in [0.25, 0.3) is 0 Å². The molecule has 2 aliphatic rings. The van der Waals surface area contributed by atoms with Gasteiger partial charge in [-0.05, 0) is 35.8 Å². The van der Waals surface area contributed by atoms with Crippen molar-refractivity contribution in [1.82, 2.24) is 0 Å². The fourth-order valence-electron chi connectivity index (χ4n) is 3.80. The van der Waals surface area contributed by atoms with Crippen LogP contribution in [0, 0.1) is 11.8 Å². The van der Waals surface area contributed by atoms with Crippen molar-refractivity contribution in [3.05, 3.63) is 78.2 Å².